The van der Waals surface area contributed by atoms with Crippen molar-refractivity contribution in [2.24, 2.45) is 0 Å². The molecule has 1 heterocycles. The van der Waals surface area contributed by atoms with Crippen molar-refractivity contribution < 1.29 is 13.7 Å². The van der Waals surface area contributed by atoms with Crippen LogP contribution >= 0.6 is 0 Å². The topological polar surface area (TPSA) is 68.0 Å². The van der Waals surface area contributed by atoms with Gasteiger partial charge in [-0.1, -0.05) is 18.3 Å². The summed E-state index contributed by atoms with van der Waals surface area (Å²) in [4.78, 5) is 14.5. The van der Waals surface area contributed by atoms with Gasteiger partial charge in [0.2, 0.25) is 18.1 Å². The van der Waals surface area contributed by atoms with Crippen LogP contribution in [-0.2, 0) is 4.79 Å². The van der Waals surface area contributed by atoms with Crippen molar-refractivity contribution in [1.29, 1.82) is 0 Å². The molecule has 5 nitrogen and oxygen atoms in total. The van der Waals surface area contributed by atoms with E-state index in [1.165, 1.54) is 0 Å². The Morgan fingerprint density at radius 2 is 2.26 bits per heavy atom. The molecule has 0 aliphatic heterocycles. The number of rotatable bonds is 6. The minimum absolute atomic E-state index is 0.278. The maximum atomic E-state index is 12.9. The van der Waals surface area contributed by atoms with E-state index in [-0.39, 0.29) is 17.6 Å². The molecule has 0 radical (unpaired) electrons. The smallest absolute Gasteiger partial charge is 0.233 e. The Labute approximate surface area is 109 Å². The molecule has 2 atom stereocenters. The number of aromatic nitrogens is 2. The van der Waals surface area contributed by atoms with Crippen molar-refractivity contribution in [2.75, 3.05) is 0 Å². The quantitative estimate of drug-likeness (QED) is 0.630. The third-order valence-corrected chi connectivity index (χ3v) is 2.75. The predicted molar refractivity (Wildman–Crippen MR) is 67.7 cm³/mol. The molecule has 1 aromatic heterocycles. The largest absolute Gasteiger partial charge is 0.339 e. The number of hydrogen-bond acceptors (Lipinski definition) is 4. The second kappa shape index (κ2) is 5.17. The molecule has 1 aromatic rings. The van der Waals surface area contributed by atoms with Gasteiger partial charge >= 0.3 is 0 Å². The minimum Gasteiger partial charge on any atom is -0.339 e. The summed E-state index contributed by atoms with van der Waals surface area (Å²) in [5, 5.41) is 6.25. The molecule has 1 amide bonds. The number of allylic oxidation sites excluding steroid dienone is 3. The van der Waals surface area contributed by atoms with Crippen molar-refractivity contribution in [2.45, 2.75) is 25.4 Å². The molecule has 2 rings (SSSR count). The highest BCUT2D eigenvalue weighted by atomic mass is 19.1. The molecule has 19 heavy (non-hydrogen) atoms. The minimum atomic E-state index is -0.889. The zero-order valence-corrected chi connectivity index (χ0v) is 10.5. The SMILES string of the molecule is C=C(C)/C(=C\C(=C)c1noc(C2CC2F)n1)NC=O. The van der Waals surface area contributed by atoms with Crippen LogP contribution in [0.4, 0.5) is 4.39 Å². The molecule has 6 heteroatoms. The molecule has 0 bridgehead atoms. The summed E-state index contributed by atoms with van der Waals surface area (Å²) in [5.74, 6) is 0.282. The fourth-order valence-corrected chi connectivity index (χ4v) is 1.53. The molecule has 1 aliphatic rings. The summed E-state index contributed by atoms with van der Waals surface area (Å²) < 4.78 is 17.8. The molecule has 0 saturated heterocycles. The Morgan fingerprint density at radius 1 is 1.58 bits per heavy atom. The first-order valence-corrected chi connectivity index (χ1v) is 5.77. The molecule has 1 fully saturated rings. The van der Waals surface area contributed by atoms with Gasteiger partial charge in [0.1, 0.15) is 6.17 Å². The highest BCUT2D eigenvalue weighted by molar-refractivity contribution is 5.70. The lowest BCUT2D eigenvalue weighted by atomic mass is 10.1. The third-order valence-electron chi connectivity index (χ3n) is 2.75. The van der Waals surface area contributed by atoms with Gasteiger partial charge in [0.15, 0.2) is 0 Å². The van der Waals surface area contributed by atoms with Gasteiger partial charge in [-0.05, 0) is 25.0 Å². The van der Waals surface area contributed by atoms with Crippen LogP contribution in [0.1, 0.15) is 31.0 Å². The van der Waals surface area contributed by atoms with Crippen molar-refractivity contribution in [3.63, 3.8) is 0 Å². The van der Waals surface area contributed by atoms with E-state index in [2.05, 4.69) is 28.6 Å². The molecular formula is C13H14FN3O2. The van der Waals surface area contributed by atoms with E-state index in [1.807, 2.05) is 0 Å². The Balaban J connectivity index is 2.14. The highest BCUT2D eigenvalue weighted by Gasteiger charge is 2.43. The second-order valence-electron chi connectivity index (χ2n) is 4.44. The molecule has 1 N–H and O–H groups in total. The molecule has 2 unspecified atom stereocenters. The predicted octanol–water partition coefficient (Wildman–Crippen LogP) is 2.11. The van der Waals surface area contributed by atoms with Crippen LogP contribution in [0, 0.1) is 0 Å². The Bertz CT molecular complexity index is 562. The van der Waals surface area contributed by atoms with Crippen LogP contribution in [0.25, 0.3) is 5.57 Å². The van der Waals surface area contributed by atoms with E-state index in [0.717, 1.165) is 0 Å². The van der Waals surface area contributed by atoms with Crippen molar-refractivity contribution >= 4 is 12.0 Å². The zero-order valence-electron chi connectivity index (χ0n) is 10.5. The van der Waals surface area contributed by atoms with Gasteiger partial charge in [-0.2, -0.15) is 4.98 Å². The summed E-state index contributed by atoms with van der Waals surface area (Å²) >= 11 is 0. The Hall–Kier alpha value is -2.24. The maximum Gasteiger partial charge on any atom is 0.233 e. The standard InChI is InChI=1S/C13H14FN3O2/c1-7(2)11(15-6-18)4-8(3)12-16-13(19-17-12)9-5-10(9)14/h4,6,9-10H,1,3,5H2,2H3,(H,15,18)/b11-4+. The van der Waals surface area contributed by atoms with Gasteiger partial charge in [0.25, 0.3) is 0 Å². The summed E-state index contributed by atoms with van der Waals surface area (Å²) in [7, 11) is 0. The average molecular weight is 263 g/mol. The molecular weight excluding hydrogens is 249 g/mol. The van der Waals surface area contributed by atoms with Crippen LogP contribution in [0.2, 0.25) is 0 Å². The zero-order chi connectivity index (χ0) is 14.0. The number of carbonyl (C=O) groups is 1. The van der Waals surface area contributed by atoms with Crippen LogP contribution in [0.5, 0.6) is 0 Å². The summed E-state index contributed by atoms with van der Waals surface area (Å²) in [6.07, 6.45) is 1.67. The Kier molecular flexibility index (Phi) is 3.59. The first kappa shape index (κ1) is 13.2. The number of nitrogens with zero attached hydrogens (tertiary/aromatic N) is 2. The molecule has 1 aliphatic carbocycles. The first-order valence-electron chi connectivity index (χ1n) is 5.77. The normalized spacial score (nSPS) is 21.9. The van der Waals surface area contributed by atoms with Crippen LogP contribution in [0.3, 0.4) is 0 Å². The molecule has 0 aromatic carbocycles. The number of carbonyl (C=O) groups excluding carboxylic acids is 1. The summed E-state index contributed by atoms with van der Waals surface area (Å²) in [6, 6.07) is 0. The first-order chi connectivity index (χ1) is 9.02. The fourth-order valence-electron chi connectivity index (χ4n) is 1.53. The lowest BCUT2D eigenvalue weighted by Crippen LogP contribution is -2.11. The van der Waals surface area contributed by atoms with Gasteiger partial charge in [0.05, 0.1) is 5.92 Å². The van der Waals surface area contributed by atoms with Crippen LogP contribution in [-0.4, -0.2) is 22.7 Å². The van der Waals surface area contributed by atoms with Crippen molar-refractivity contribution in [3.8, 4) is 0 Å². The summed E-state index contributed by atoms with van der Waals surface area (Å²) in [5.41, 5.74) is 1.64. The third kappa shape index (κ3) is 2.96. The number of halogens is 1. The van der Waals surface area contributed by atoms with E-state index in [9.17, 15) is 9.18 Å². The monoisotopic (exact) mass is 263 g/mol. The van der Waals surface area contributed by atoms with E-state index in [1.54, 1.807) is 13.0 Å². The summed E-state index contributed by atoms with van der Waals surface area (Å²) in [6.45, 7) is 9.26. The van der Waals surface area contributed by atoms with Crippen molar-refractivity contribution in [3.05, 3.63) is 42.2 Å². The molecule has 0 spiro atoms. The number of nitrogens with one attached hydrogen (secondary N) is 1. The molecule has 1 saturated carbocycles. The van der Waals surface area contributed by atoms with Crippen LogP contribution in [0.15, 0.2) is 35.0 Å². The van der Waals surface area contributed by atoms with Gasteiger partial charge in [-0.25, -0.2) is 4.39 Å². The van der Waals surface area contributed by atoms with Gasteiger partial charge in [0, 0.05) is 11.3 Å². The highest BCUT2D eigenvalue weighted by Crippen LogP contribution is 2.42. The van der Waals surface area contributed by atoms with E-state index >= 15 is 0 Å². The lowest BCUT2D eigenvalue weighted by molar-refractivity contribution is -0.108. The lowest BCUT2D eigenvalue weighted by Gasteiger charge is -2.04. The maximum absolute atomic E-state index is 12.9. The number of amides is 1. The fraction of sp³-hybridized carbons (Fsp3) is 0.308. The van der Waals surface area contributed by atoms with E-state index in [0.29, 0.717) is 29.7 Å². The van der Waals surface area contributed by atoms with Gasteiger partial charge < -0.3 is 9.84 Å². The Morgan fingerprint density at radius 3 is 2.79 bits per heavy atom. The van der Waals surface area contributed by atoms with Crippen LogP contribution < -0.4 is 5.32 Å². The second-order valence-corrected chi connectivity index (χ2v) is 4.44. The van der Waals surface area contributed by atoms with E-state index in [4.69, 9.17) is 4.52 Å². The number of alkyl halides is 1. The average Bonchev–Trinajstić information content (AvgIpc) is 2.91. The van der Waals surface area contributed by atoms with E-state index < -0.39 is 6.17 Å². The number of hydrogen-bond donors (Lipinski definition) is 1. The molecule has 100 valence electrons. The van der Waals surface area contributed by atoms with Crippen molar-refractivity contribution in [1.82, 2.24) is 15.5 Å². The van der Waals surface area contributed by atoms with Gasteiger partial charge in [-0.3, -0.25) is 4.79 Å². The van der Waals surface area contributed by atoms with Gasteiger partial charge in [-0.15, -0.1) is 0 Å².